The van der Waals surface area contributed by atoms with Gasteiger partial charge in [-0.05, 0) is 43.5 Å². The molecule has 0 saturated carbocycles. The van der Waals surface area contributed by atoms with Crippen LogP contribution in [0.4, 0.5) is 48.3 Å². The molecule has 286 valence electrons. The average Bonchev–Trinajstić information content (AvgIpc) is 3.02. The van der Waals surface area contributed by atoms with Crippen molar-refractivity contribution in [2.75, 3.05) is 26.4 Å². The topological polar surface area (TPSA) is 71.9 Å². The van der Waals surface area contributed by atoms with Crippen LogP contribution < -0.4 is 9.47 Å². The number of benzene rings is 1. The summed E-state index contributed by atoms with van der Waals surface area (Å²) in [6, 6.07) is 6.67. The molecule has 1 heterocycles. The molecule has 50 heavy (non-hydrogen) atoms. The van der Waals surface area contributed by atoms with E-state index in [1.165, 1.54) is 51.4 Å². The van der Waals surface area contributed by atoms with Gasteiger partial charge in [0.1, 0.15) is 12.4 Å². The van der Waals surface area contributed by atoms with Gasteiger partial charge in [0.15, 0.2) is 11.6 Å². The third-order valence-corrected chi connectivity index (χ3v) is 6.93. The lowest BCUT2D eigenvalue weighted by Crippen LogP contribution is -2.55. The van der Waals surface area contributed by atoms with Crippen LogP contribution in [0, 0.1) is 0 Å². The molecule has 0 atom stereocenters. The van der Waals surface area contributed by atoms with E-state index in [2.05, 4.69) is 26.4 Å². The molecular formula is C32H41F11N2O5. The van der Waals surface area contributed by atoms with E-state index in [0.717, 1.165) is 12.8 Å². The first kappa shape index (κ1) is 43.2. The Hall–Kier alpha value is -2.99. The molecule has 0 aliphatic rings. The Balaban J connectivity index is 1.62. The maximum absolute atomic E-state index is 13.6. The van der Waals surface area contributed by atoms with Gasteiger partial charge in [0.2, 0.25) is 0 Å². The van der Waals surface area contributed by atoms with Crippen molar-refractivity contribution in [2.45, 2.75) is 115 Å². The molecule has 0 aliphatic heterocycles. The Morgan fingerprint density at radius 2 is 0.980 bits per heavy atom. The quantitative estimate of drug-likeness (QED) is 0.0702. The van der Waals surface area contributed by atoms with Crippen LogP contribution in [0.3, 0.4) is 0 Å². The third kappa shape index (κ3) is 15.5. The van der Waals surface area contributed by atoms with Crippen molar-refractivity contribution in [1.82, 2.24) is 9.97 Å². The molecule has 0 fully saturated rings. The van der Waals surface area contributed by atoms with Crippen LogP contribution in [0.1, 0.15) is 84.0 Å². The number of halogens is 11. The van der Waals surface area contributed by atoms with E-state index >= 15 is 0 Å². The molecule has 0 spiro atoms. The summed E-state index contributed by atoms with van der Waals surface area (Å²) in [5.41, 5.74) is 0.694. The zero-order chi connectivity index (χ0) is 37.3. The number of ether oxygens (including phenoxy) is 5. The van der Waals surface area contributed by atoms with E-state index in [-0.39, 0.29) is 19.4 Å². The largest absolute Gasteiger partial charge is 0.494 e. The van der Waals surface area contributed by atoms with E-state index < -0.39 is 43.8 Å². The summed E-state index contributed by atoms with van der Waals surface area (Å²) in [6.07, 6.45) is -16.6. The third-order valence-electron chi connectivity index (χ3n) is 6.93. The summed E-state index contributed by atoms with van der Waals surface area (Å²) in [4.78, 5) is 8.63. The van der Waals surface area contributed by atoms with E-state index in [4.69, 9.17) is 9.47 Å². The molecule has 0 saturated heterocycles. The molecule has 1 aromatic carbocycles. The molecule has 7 nitrogen and oxygen atoms in total. The molecule has 0 radical (unpaired) electrons. The first-order valence-corrected chi connectivity index (χ1v) is 16.1. The van der Waals surface area contributed by atoms with E-state index in [9.17, 15) is 48.3 Å². The summed E-state index contributed by atoms with van der Waals surface area (Å²) in [5.74, 6) is 1.45. The first-order valence-electron chi connectivity index (χ1n) is 16.1. The number of aromatic nitrogens is 2. The number of nitrogens with zero attached hydrogens (tertiary/aromatic N) is 2. The second-order valence-corrected chi connectivity index (χ2v) is 11.3. The monoisotopic (exact) mass is 742 g/mol. The number of hydrogen-bond donors (Lipinski definition) is 0. The van der Waals surface area contributed by atoms with Crippen LogP contribution in [-0.2, 0) is 14.2 Å². The van der Waals surface area contributed by atoms with Crippen molar-refractivity contribution < 1.29 is 72.0 Å². The minimum absolute atomic E-state index is 0.0170. The standard InChI is InChI=1S/C32H41F11N2O5/c1-2-3-4-5-6-7-8-9-10-11-19-48-26-21-44-27(45-22-26)24-14-16-25(17-15-24)47-20-13-12-18-46-23-28(33,34)49-31(40,41)32(42,43)50-30(38,39)29(35,36)37/h14-17,21-22H,2-13,18-20,23H2,1H3. The summed E-state index contributed by atoms with van der Waals surface area (Å²) >= 11 is 0. The second kappa shape index (κ2) is 20.2. The van der Waals surface area contributed by atoms with Crippen molar-refractivity contribution in [2.24, 2.45) is 0 Å². The van der Waals surface area contributed by atoms with Crippen LogP contribution in [-0.4, -0.2) is 67.0 Å². The highest BCUT2D eigenvalue weighted by molar-refractivity contribution is 5.56. The summed E-state index contributed by atoms with van der Waals surface area (Å²) in [5, 5.41) is 0. The van der Waals surface area contributed by atoms with Gasteiger partial charge >= 0.3 is 30.6 Å². The molecule has 18 heteroatoms. The van der Waals surface area contributed by atoms with Crippen LogP contribution in [0.25, 0.3) is 11.4 Å². The van der Waals surface area contributed by atoms with Gasteiger partial charge < -0.3 is 14.2 Å². The summed E-state index contributed by atoms with van der Waals surface area (Å²) in [6.45, 7) is 0.276. The minimum Gasteiger partial charge on any atom is -0.494 e. The molecule has 2 rings (SSSR count). The van der Waals surface area contributed by atoms with Crippen molar-refractivity contribution in [1.29, 1.82) is 0 Å². The Morgan fingerprint density at radius 3 is 1.52 bits per heavy atom. The lowest BCUT2D eigenvalue weighted by molar-refractivity contribution is -0.537. The normalized spacial score (nSPS) is 13.1. The Bertz CT molecular complexity index is 1220. The van der Waals surface area contributed by atoms with Gasteiger partial charge in [-0.15, -0.1) is 0 Å². The Kier molecular flexibility index (Phi) is 17.4. The van der Waals surface area contributed by atoms with Crippen LogP contribution >= 0.6 is 0 Å². The lowest BCUT2D eigenvalue weighted by atomic mass is 10.1. The highest BCUT2D eigenvalue weighted by atomic mass is 19.4. The first-order chi connectivity index (χ1) is 23.4. The van der Waals surface area contributed by atoms with E-state index in [1.807, 2.05) is 4.74 Å². The van der Waals surface area contributed by atoms with Gasteiger partial charge in [-0.1, -0.05) is 64.7 Å². The van der Waals surface area contributed by atoms with Gasteiger partial charge in [0.05, 0.1) is 25.6 Å². The fourth-order valence-electron chi connectivity index (χ4n) is 4.26. The zero-order valence-corrected chi connectivity index (χ0v) is 27.4. The lowest BCUT2D eigenvalue weighted by Gasteiger charge is -2.31. The zero-order valence-electron chi connectivity index (χ0n) is 27.4. The maximum Gasteiger partial charge on any atom is 0.483 e. The molecule has 2 aromatic rings. The predicted octanol–water partition coefficient (Wildman–Crippen LogP) is 10.6. The molecule has 0 bridgehead atoms. The van der Waals surface area contributed by atoms with Crippen molar-refractivity contribution in [3.05, 3.63) is 36.7 Å². The number of unbranched alkanes of at least 4 members (excludes halogenated alkanes) is 10. The van der Waals surface area contributed by atoms with E-state index in [1.54, 1.807) is 36.7 Å². The molecule has 0 aliphatic carbocycles. The smallest absolute Gasteiger partial charge is 0.483 e. The van der Waals surface area contributed by atoms with Gasteiger partial charge in [-0.25, -0.2) is 19.4 Å². The number of rotatable bonds is 26. The van der Waals surface area contributed by atoms with Crippen LogP contribution in [0.2, 0.25) is 0 Å². The predicted molar refractivity (Wildman–Crippen MR) is 158 cm³/mol. The SMILES string of the molecule is CCCCCCCCCCCCOc1cnc(-c2ccc(OCCCCOCC(F)(F)OC(F)(F)C(F)(F)OC(F)(F)C(F)(F)F)cc2)nc1. The van der Waals surface area contributed by atoms with Crippen LogP contribution in [0.5, 0.6) is 11.5 Å². The summed E-state index contributed by atoms with van der Waals surface area (Å²) < 4.78 is 161. The number of alkyl halides is 11. The summed E-state index contributed by atoms with van der Waals surface area (Å²) in [7, 11) is 0. The molecule has 0 unspecified atom stereocenters. The second-order valence-electron chi connectivity index (χ2n) is 11.3. The molecule has 1 aromatic heterocycles. The van der Waals surface area contributed by atoms with Gasteiger partial charge in [-0.3, -0.25) is 0 Å². The fraction of sp³-hybridized carbons (Fsp3) is 0.688. The average molecular weight is 743 g/mol. The maximum atomic E-state index is 13.6. The fourth-order valence-corrected chi connectivity index (χ4v) is 4.26. The van der Waals surface area contributed by atoms with Crippen molar-refractivity contribution in [3.8, 4) is 22.9 Å². The Labute approximate surface area is 282 Å². The Morgan fingerprint density at radius 1 is 0.520 bits per heavy atom. The molecule has 0 N–H and O–H groups in total. The number of hydrogen-bond acceptors (Lipinski definition) is 7. The van der Waals surface area contributed by atoms with Gasteiger partial charge in [-0.2, -0.15) is 48.3 Å². The molecular weight excluding hydrogens is 701 g/mol. The van der Waals surface area contributed by atoms with E-state index in [0.29, 0.717) is 29.5 Å². The highest BCUT2D eigenvalue weighted by Gasteiger charge is 2.72. The van der Waals surface area contributed by atoms with Crippen molar-refractivity contribution >= 4 is 0 Å². The van der Waals surface area contributed by atoms with Crippen LogP contribution in [0.15, 0.2) is 36.7 Å². The minimum atomic E-state index is -6.84. The van der Waals surface area contributed by atoms with Gasteiger partial charge in [0.25, 0.3) is 0 Å². The van der Waals surface area contributed by atoms with Gasteiger partial charge in [0, 0.05) is 12.2 Å². The highest BCUT2D eigenvalue weighted by Crippen LogP contribution is 2.47. The molecule has 0 amide bonds. The van der Waals surface area contributed by atoms with Crippen molar-refractivity contribution in [3.63, 3.8) is 0 Å².